The molecule has 0 saturated carbocycles. The number of nitrogens with zero attached hydrogens (tertiary/aromatic N) is 2. The van der Waals surface area contributed by atoms with Gasteiger partial charge >= 0.3 is 5.97 Å². The predicted molar refractivity (Wildman–Crippen MR) is 103 cm³/mol. The average molecular weight is 377 g/mol. The van der Waals surface area contributed by atoms with E-state index in [1.807, 2.05) is 20.9 Å². The predicted octanol–water partition coefficient (Wildman–Crippen LogP) is 2.18. The first kappa shape index (κ1) is 21.2. The van der Waals surface area contributed by atoms with Gasteiger partial charge in [0, 0.05) is 24.7 Å². The molecule has 1 aromatic heterocycles. The van der Waals surface area contributed by atoms with Crippen molar-refractivity contribution in [1.82, 2.24) is 14.8 Å². The Morgan fingerprint density at radius 2 is 1.81 bits per heavy atom. The molecular formula is C20H31N3O4. The number of aryl methyl sites for hydroxylation is 1. The van der Waals surface area contributed by atoms with Crippen LogP contribution in [0.15, 0.2) is 0 Å². The maximum Gasteiger partial charge on any atom is 0.339 e. The molecule has 0 aliphatic carbocycles. The Labute approximate surface area is 161 Å². The molecule has 7 heteroatoms. The van der Waals surface area contributed by atoms with Crippen molar-refractivity contribution in [1.29, 1.82) is 0 Å². The number of ketones is 1. The van der Waals surface area contributed by atoms with Crippen LogP contribution in [0, 0.1) is 19.8 Å². The lowest BCUT2D eigenvalue weighted by Gasteiger charge is -2.33. The van der Waals surface area contributed by atoms with Gasteiger partial charge in [0.2, 0.25) is 5.91 Å². The summed E-state index contributed by atoms with van der Waals surface area (Å²) in [6, 6.07) is 0.195. The van der Waals surface area contributed by atoms with Gasteiger partial charge in [0.25, 0.3) is 0 Å². The average Bonchev–Trinajstić information content (AvgIpc) is 2.94. The molecule has 1 aliphatic heterocycles. The van der Waals surface area contributed by atoms with Crippen molar-refractivity contribution < 1.29 is 19.1 Å². The lowest BCUT2D eigenvalue weighted by molar-refractivity contribution is -0.137. The highest BCUT2D eigenvalue weighted by Gasteiger charge is 2.30. The monoisotopic (exact) mass is 377 g/mol. The van der Waals surface area contributed by atoms with Crippen LogP contribution in [-0.2, 0) is 9.53 Å². The molecular weight excluding hydrogens is 346 g/mol. The van der Waals surface area contributed by atoms with Gasteiger partial charge in [-0.25, -0.2) is 4.79 Å². The summed E-state index contributed by atoms with van der Waals surface area (Å²) in [6.07, 6.45) is 1.53. The van der Waals surface area contributed by atoms with Crippen molar-refractivity contribution in [2.75, 3.05) is 33.8 Å². The molecule has 2 heterocycles. The minimum atomic E-state index is -0.436. The third-order valence-electron chi connectivity index (χ3n) is 5.53. The summed E-state index contributed by atoms with van der Waals surface area (Å²) in [6.45, 7) is 9.26. The quantitative estimate of drug-likeness (QED) is 0.607. The Morgan fingerprint density at radius 3 is 2.33 bits per heavy atom. The van der Waals surface area contributed by atoms with Crippen LogP contribution in [0.2, 0.25) is 0 Å². The smallest absolute Gasteiger partial charge is 0.339 e. The van der Waals surface area contributed by atoms with E-state index < -0.39 is 5.97 Å². The van der Waals surface area contributed by atoms with Gasteiger partial charge in [0.05, 0.1) is 24.9 Å². The Morgan fingerprint density at radius 1 is 1.22 bits per heavy atom. The minimum absolute atomic E-state index is 0.0316. The second kappa shape index (κ2) is 8.69. The second-order valence-electron chi connectivity index (χ2n) is 7.63. The number of Topliss-reactive ketones (excluding diaryl/α,β-unsaturated/α-hetero) is 1. The molecule has 1 amide bonds. The van der Waals surface area contributed by atoms with Crippen LogP contribution in [0.1, 0.15) is 58.8 Å². The first-order chi connectivity index (χ1) is 12.7. The Kier molecular flexibility index (Phi) is 6.81. The largest absolute Gasteiger partial charge is 0.465 e. The zero-order valence-corrected chi connectivity index (χ0v) is 17.2. The number of aromatic amines is 1. The number of carbonyl (C=O) groups is 3. The summed E-state index contributed by atoms with van der Waals surface area (Å²) in [7, 11) is 3.18. The fourth-order valence-electron chi connectivity index (χ4n) is 3.60. The number of amides is 1. The van der Waals surface area contributed by atoms with E-state index in [0.29, 0.717) is 22.5 Å². The number of methoxy groups -OCH3 is 1. The molecule has 0 unspecified atom stereocenters. The number of hydrogen-bond donors (Lipinski definition) is 1. The Hall–Kier alpha value is -2.15. The van der Waals surface area contributed by atoms with E-state index in [1.165, 1.54) is 7.11 Å². The van der Waals surface area contributed by atoms with Crippen molar-refractivity contribution >= 4 is 17.7 Å². The third-order valence-corrected chi connectivity index (χ3v) is 5.53. The van der Waals surface area contributed by atoms with Gasteiger partial charge in [-0.3, -0.25) is 14.5 Å². The van der Waals surface area contributed by atoms with Gasteiger partial charge in [-0.1, -0.05) is 0 Å². The number of H-pyrrole nitrogens is 1. The number of aromatic nitrogens is 1. The number of nitrogens with one attached hydrogen (secondary N) is 1. The summed E-state index contributed by atoms with van der Waals surface area (Å²) in [5, 5.41) is 0. The molecule has 150 valence electrons. The summed E-state index contributed by atoms with van der Waals surface area (Å²) in [5.41, 5.74) is 2.17. The van der Waals surface area contributed by atoms with Crippen LogP contribution in [0.5, 0.6) is 0 Å². The molecule has 2 rings (SSSR count). The van der Waals surface area contributed by atoms with Gasteiger partial charge in [0.1, 0.15) is 0 Å². The number of carbonyl (C=O) groups excluding carboxylic acids is 3. The van der Waals surface area contributed by atoms with E-state index in [2.05, 4.69) is 9.88 Å². The SMILES string of the molecule is COC(=O)c1c(C)[nH]c(C(=O)CN2CCC(C(=O)N(C)C(C)C)CC2)c1C. The molecule has 1 fully saturated rings. The van der Waals surface area contributed by atoms with E-state index in [1.54, 1.807) is 18.7 Å². The number of rotatable bonds is 6. The van der Waals surface area contributed by atoms with E-state index in [0.717, 1.165) is 25.9 Å². The lowest BCUT2D eigenvalue weighted by atomic mass is 9.94. The summed E-state index contributed by atoms with van der Waals surface area (Å²) >= 11 is 0. The van der Waals surface area contributed by atoms with Crippen LogP contribution in [0.25, 0.3) is 0 Å². The summed E-state index contributed by atoms with van der Waals surface area (Å²) < 4.78 is 4.79. The number of esters is 1. The molecule has 0 bridgehead atoms. The highest BCUT2D eigenvalue weighted by molar-refractivity contribution is 6.02. The van der Waals surface area contributed by atoms with Crippen LogP contribution in [0.4, 0.5) is 0 Å². The topological polar surface area (TPSA) is 82.7 Å². The van der Waals surface area contributed by atoms with Crippen molar-refractivity contribution in [3.05, 3.63) is 22.5 Å². The van der Waals surface area contributed by atoms with Crippen molar-refractivity contribution in [3.8, 4) is 0 Å². The molecule has 1 saturated heterocycles. The molecule has 1 N–H and O–H groups in total. The molecule has 0 radical (unpaired) electrons. The van der Waals surface area contributed by atoms with Gasteiger partial charge < -0.3 is 14.6 Å². The highest BCUT2D eigenvalue weighted by Crippen LogP contribution is 2.22. The van der Waals surface area contributed by atoms with Gasteiger partial charge in [0.15, 0.2) is 5.78 Å². The minimum Gasteiger partial charge on any atom is -0.465 e. The zero-order chi connectivity index (χ0) is 20.3. The Balaban J connectivity index is 1.97. The zero-order valence-electron chi connectivity index (χ0n) is 17.2. The third kappa shape index (κ3) is 4.58. The van der Waals surface area contributed by atoms with E-state index in [4.69, 9.17) is 4.74 Å². The first-order valence-corrected chi connectivity index (χ1v) is 9.47. The summed E-state index contributed by atoms with van der Waals surface area (Å²) in [5.74, 6) is -0.262. The molecule has 7 nitrogen and oxygen atoms in total. The normalized spacial score (nSPS) is 15.8. The van der Waals surface area contributed by atoms with Gasteiger partial charge in [-0.2, -0.15) is 0 Å². The molecule has 1 aliphatic rings. The van der Waals surface area contributed by atoms with Gasteiger partial charge in [-0.15, -0.1) is 0 Å². The summed E-state index contributed by atoms with van der Waals surface area (Å²) in [4.78, 5) is 44.0. The first-order valence-electron chi connectivity index (χ1n) is 9.47. The Bertz CT molecular complexity index is 715. The maximum absolute atomic E-state index is 12.7. The second-order valence-corrected chi connectivity index (χ2v) is 7.63. The van der Waals surface area contributed by atoms with Gasteiger partial charge in [-0.05, 0) is 59.2 Å². The molecule has 0 spiro atoms. The van der Waals surface area contributed by atoms with Crippen LogP contribution in [0.3, 0.4) is 0 Å². The lowest BCUT2D eigenvalue weighted by Crippen LogP contribution is -2.44. The van der Waals surface area contributed by atoms with E-state index in [9.17, 15) is 14.4 Å². The fourth-order valence-corrected chi connectivity index (χ4v) is 3.60. The number of piperidine rings is 1. The maximum atomic E-state index is 12.7. The number of likely N-dealkylation sites (tertiary alicyclic amines) is 1. The number of ether oxygens (including phenoxy) is 1. The van der Waals surface area contributed by atoms with Crippen molar-refractivity contribution in [3.63, 3.8) is 0 Å². The van der Waals surface area contributed by atoms with Crippen LogP contribution < -0.4 is 0 Å². The fraction of sp³-hybridized carbons (Fsp3) is 0.650. The standard InChI is InChI=1S/C20H31N3O4/c1-12(2)22(5)19(25)15-7-9-23(10-8-15)11-16(24)18-13(3)17(14(4)21-18)20(26)27-6/h12,15,21H,7-11H2,1-6H3. The number of hydrogen-bond acceptors (Lipinski definition) is 5. The van der Waals surface area contributed by atoms with Crippen molar-refractivity contribution in [2.45, 2.75) is 46.6 Å². The van der Waals surface area contributed by atoms with E-state index >= 15 is 0 Å². The highest BCUT2D eigenvalue weighted by atomic mass is 16.5. The van der Waals surface area contributed by atoms with Crippen LogP contribution in [-0.4, -0.2) is 72.3 Å². The van der Waals surface area contributed by atoms with Crippen molar-refractivity contribution in [2.24, 2.45) is 5.92 Å². The molecule has 27 heavy (non-hydrogen) atoms. The van der Waals surface area contributed by atoms with E-state index in [-0.39, 0.29) is 30.2 Å². The molecule has 0 aromatic carbocycles. The molecule has 0 atom stereocenters. The molecule has 1 aromatic rings. The van der Waals surface area contributed by atoms with Crippen LogP contribution >= 0.6 is 0 Å².